The first-order chi connectivity index (χ1) is 15.5. The summed E-state index contributed by atoms with van der Waals surface area (Å²) in [6.07, 6.45) is -6.21. The SMILES string of the molecule is CC1(C)CC(=O)C2=C(C1)Nc1nnc([C@@H](O)[C@@H](O)[C@H](O)[C@H](O)CO)n1C2c1ccc(Cl)cc1. The maximum atomic E-state index is 13.3. The molecule has 1 aliphatic carbocycles. The quantitative estimate of drug-likeness (QED) is 0.351. The Bertz CT molecular complexity index is 1080. The highest BCUT2D eigenvalue weighted by atomic mass is 35.5. The topological polar surface area (TPSA) is 161 Å². The number of rotatable bonds is 6. The molecule has 0 saturated carbocycles. The van der Waals surface area contributed by atoms with Crippen molar-refractivity contribution in [2.75, 3.05) is 11.9 Å². The van der Waals surface area contributed by atoms with Gasteiger partial charge in [-0.15, -0.1) is 10.2 Å². The maximum absolute atomic E-state index is 13.3. The van der Waals surface area contributed by atoms with E-state index in [1.807, 2.05) is 13.8 Å². The van der Waals surface area contributed by atoms with Crippen molar-refractivity contribution >= 4 is 23.3 Å². The van der Waals surface area contributed by atoms with Crippen LogP contribution in [-0.4, -0.2) is 71.0 Å². The fourth-order valence-electron chi connectivity index (χ4n) is 4.51. The molecule has 6 N–H and O–H groups in total. The standard InChI is InChI=1S/C22H27ClN4O6/c1-22(2)7-12-15(13(29)8-22)16(10-3-5-11(23)6-4-10)27-20(25-26-21(27)24-12)19(33)18(32)17(31)14(30)9-28/h3-6,14,16-19,28,30-33H,7-9H2,1-2H3,(H,24,26)/t14-,16?,17-,18+,19+/m1/s1. The number of nitrogens with zero attached hydrogens (tertiary/aromatic N) is 3. The van der Waals surface area contributed by atoms with Gasteiger partial charge in [0.05, 0.1) is 12.6 Å². The Morgan fingerprint density at radius 1 is 1.12 bits per heavy atom. The van der Waals surface area contributed by atoms with Crippen molar-refractivity contribution in [3.63, 3.8) is 0 Å². The summed E-state index contributed by atoms with van der Waals surface area (Å²) in [5.41, 5.74) is 1.66. The molecule has 2 aliphatic rings. The molecule has 11 heteroatoms. The second-order valence-corrected chi connectivity index (χ2v) is 9.78. The van der Waals surface area contributed by atoms with E-state index in [2.05, 4.69) is 15.5 Å². The Labute approximate surface area is 195 Å². The summed E-state index contributed by atoms with van der Waals surface area (Å²) in [7, 11) is 0. The van der Waals surface area contributed by atoms with Gasteiger partial charge in [-0.05, 0) is 29.5 Å². The molecular weight excluding hydrogens is 452 g/mol. The summed E-state index contributed by atoms with van der Waals surface area (Å²) in [4.78, 5) is 13.3. The Balaban J connectivity index is 1.83. The van der Waals surface area contributed by atoms with E-state index in [-0.39, 0.29) is 23.0 Å². The minimum Gasteiger partial charge on any atom is -0.394 e. The smallest absolute Gasteiger partial charge is 0.229 e. The molecule has 0 bridgehead atoms. The molecule has 1 unspecified atom stereocenters. The highest BCUT2D eigenvalue weighted by molar-refractivity contribution is 6.30. The number of ketones is 1. The molecule has 5 atom stereocenters. The van der Waals surface area contributed by atoms with Crippen molar-refractivity contribution in [3.05, 3.63) is 51.9 Å². The molecule has 0 radical (unpaired) electrons. The lowest BCUT2D eigenvalue weighted by Crippen LogP contribution is -2.44. The Morgan fingerprint density at radius 3 is 2.42 bits per heavy atom. The van der Waals surface area contributed by atoms with Gasteiger partial charge in [-0.1, -0.05) is 37.6 Å². The summed E-state index contributed by atoms with van der Waals surface area (Å²) in [6, 6.07) is 6.19. The third-order valence-electron chi connectivity index (χ3n) is 6.14. The van der Waals surface area contributed by atoms with Gasteiger partial charge in [-0.25, -0.2) is 0 Å². The van der Waals surface area contributed by atoms with Gasteiger partial charge in [0.25, 0.3) is 0 Å². The largest absolute Gasteiger partial charge is 0.394 e. The zero-order valence-corrected chi connectivity index (χ0v) is 18.9. The molecule has 2 aromatic rings. The molecule has 10 nitrogen and oxygen atoms in total. The predicted molar refractivity (Wildman–Crippen MR) is 118 cm³/mol. The Morgan fingerprint density at radius 2 is 1.79 bits per heavy atom. The van der Waals surface area contributed by atoms with Crippen LogP contribution in [-0.2, 0) is 4.79 Å². The van der Waals surface area contributed by atoms with E-state index >= 15 is 0 Å². The summed E-state index contributed by atoms with van der Waals surface area (Å²) >= 11 is 6.07. The van der Waals surface area contributed by atoms with E-state index in [1.165, 1.54) is 4.57 Å². The van der Waals surface area contributed by atoms with Gasteiger partial charge in [-0.3, -0.25) is 9.36 Å². The van der Waals surface area contributed by atoms with Crippen LogP contribution in [0.2, 0.25) is 5.02 Å². The monoisotopic (exact) mass is 478 g/mol. The molecule has 1 aromatic heterocycles. The lowest BCUT2D eigenvalue weighted by molar-refractivity contribution is -0.119. The summed E-state index contributed by atoms with van der Waals surface area (Å²) in [6.45, 7) is 3.21. The average molecular weight is 479 g/mol. The molecule has 1 aliphatic heterocycles. The van der Waals surface area contributed by atoms with Crippen LogP contribution in [0, 0.1) is 5.41 Å². The third-order valence-corrected chi connectivity index (χ3v) is 6.39. The molecular formula is C22H27ClN4O6. The lowest BCUT2D eigenvalue weighted by Gasteiger charge is -2.39. The van der Waals surface area contributed by atoms with Crippen molar-refractivity contribution in [1.29, 1.82) is 0 Å². The number of hydrogen-bond donors (Lipinski definition) is 6. The number of allylic oxidation sites excluding steroid dienone is 2. The molecule has 178 valence electrons. The van der Waals surface area contributed by atoms with Crippen LogP contribution in [0.3, 0.4) is 0 Å². The lowest BCUT2D eigenvalue weighted by atomic mass is 9.73. The van der Waals surface area contributed by atoms with Crippen LogP contribution in [0.15, 0.2) is 35.5 Å². The van der Waals surface area contributed by atoms with Crippen molar-refractivity contribution in [2.24, 2.45) is 5.41 Å². The van der Waals surface area contributed by atoms with Crippen molar-refractivity contribution < 1.29 is 30.3 Å². The molecule has 0 spiro atoms. The molecule has 33 heavy (non-hydrogen) atoms. The van der Waals surface area contributed by atoms with E-state index in [0.717, 1.165) is 0 Å². The van der Waals surface area contributed by atoms with Crippen molar-refractivity contribution in [1.82, 2.24) is 14.8 Å². The van der Waals surface area contributed by atoms with Gasteiger partial charge in [-0.2, -0.15) is 0 Å². The normalized spacial score (nSPS) is 23.3. The Hall–Kier alpha value is -2.34. The number of anilines is 1. The van der Waals surface area contributed by atoms with Crippen LogP contribution < -0.4 is 5.32 Å². The van der Waals surface area contributed by atoms with E-state index in [9.17, 15) is 25.2 Å². The number of nitrogens with one attached hydrogen (secondary N) is 1. The molecule has 4 rings (SSSR count). The van der Waals surface area contributed by atoms with Crippen LogP contribution in [0.4, 0.5) is 5.95 Å². The van der Waals surface area contributed by atoms with Gasteiger partial charge in [0.15, 0.2) is 11.6 Å². The first-order valence-electron chi connectivity index (χ1n) is 10.6. The first kappa shape index (κ1) is 23.8. The fourth-order valence-corrected chi connectivity index (χ4v) is 4.63. The number of Topliss-reactive ketones (excluding diaryl/α,β-unsaturated/α-hetero) is 1. The third kappa shape index (κ3) is 4.30. The van der Waals surface area contributed by atoms with Gasteiger partial charge in [0, 0.05) is 22.7 Å². The van der Waals surface area contributed by atoms with Gasteiger partial charge >= 0.3 is 0 Å². The minimum atomic E-state index is -1.87. The summed E-state index contributed by atoms with van der Waals surface area (Å²) in [5, 5.41) is 61.9. The first-order valence-corrected chi connectivity index (χ1v) is 11.0. The molecule has 2 heterocycles. The van der Waals surface area contributed by atoms with Crippen LogP contribution >= 0.6 is 11.6 Å². The molecule has 0 saturated heterocycles. The van der Waals surface area contributed by atoms with Crippen LogP contribution in [0.5, 0.6) is 0 Å². The van der Waals surface area contributed by atoms with Gasteiger partial charge in [0.2, 0.25) is 5.95 Å². The number of aliphatic hydroxyl groups is 5. The number of carbonyl (C=O) groups is 1. The number of carbonyl (C=O) groups excluding carboxylic acids is 1. The summed E-state index contributed by atoms with van der Waals surface area (Å²) in [5.74, 6) is 0.0840. The zero-order valence-electron chi connectivity index (χ0n) is 18.2. The van der Waals surface area contributed by atoms with Crippen LogP contribution in [0.25, 0.3) is 0 Å². The summed E-state index contributed by atoms with van der Waals surface area (Å²) < 4.78 is 1.50. The number of halogens is 1. The molecule has 1 aromatic carbocycles. The maximum Gasteiger partial charge on any atom is 0.229 e. The van der Waals surface area contributed by atoms with Crippen molar-refractivity contribution in [2.45, 2.75) is 57.1 Å². The second kappa shape index (κ2) is 8.79. The van der Waals surface area contributed by atoms with Gasteiger partial charge in [0.1, 0.15) is 24.4 Å². The van der Waals surface area contributed by atoms with Crippen molar-refractivity contribution in [3.8, 4) is 0 Å². The van der Waals surface area contributed by atoms with Crippen LogP contribution in [0.1, 0.15) is 50.2 Å². The zero-order chi connectivity index (χ0) is 24.1. The molecule has 0 fully saturated rings. The predicted octanol–water partition coefficient (Wildman–Crippen LogP) is 0.698. The number of hydrogen-bond acceptors (Lipinski definition) is 9. The van der Waals surface area contributed by atoms with E-state index < -0.39 is 37.1 Å². The number of benzene rings is 1. The number of aliphatic hydroxyl groups excluding tert-OH is 5. The Kier molecular flexibility index (Phi) is 6.34. The highest BCUT2D eigenvalue weighted by Gasteiger charge is 2.44. The molecule has 0 amide bonds. The van der Waals surface area contributed by atoms with E-state index in [4.69, 9.17) is 16.7 Å². The van der Waals surface area contributed by atoms with E-state index in [1.54, 1.807) is 24.3 Å². The van der Waals surface area contributed by atoms with Gasteiger partial charge < -0.3 is 30.8 Å². The number of fused-ring (bicyclic) bond motifs is 1. The minimum absolute atomic E-state index is 0.0650. The van der Waals surface area contributed by atoms with E-state index in [0.29, 0.717) is 34.7 Å². The highest BCUT2D eigenvalue weighted by Crippen LogP contribution is 2.46. The average Bonchev–Trinajstić information content (AvgIpc) is 3.18. The number of aromatic nitrogens is 3. The fraction of sp³-hybridized carbons (Fsp3) is 0.500. The second-order valence-electron chi connectivity index (χ2n) is 9.34.